The molecule has 4 aromatic rings. The van der Waals surface area contributed by atoms with Crippen molar-refractivity contribution in [3.05, 3.63) is 65.1 Å². The van der Waals surface area contributed by atoms with Crippen molar-refractivity contribution in [2.45, 2.75) is 51.5 Å². The Morgan fingerprint density at radius 3 is 2.60 bits per heavy atom. The maximum absolute atomic E-state index is 12.9. The molecule has 0 bridgehead atoms. The summed E-state index contributed by atoms with van der Waals surface area (Å²) >= 11 is 0. The van der Waals surface area contributed by atoms with Crippen LogP contribution in [0, 0.1) is 19.8 Å². The van der Waals surface area contributed by atoms with Crippen LogP contribution in [0.25, 0.3) is 5.52 Å². The van der Waals surface area contributed by atoms with Crippen molar-refractivity contribution in [1.82, 2.24) is 34.4 Å². The highest BCUT2D eigenvalue weighted by molar-refractivity contribution is 6.11. The van der Waals surface area contributed by atoms with Crippen molar-refractivity contribution in [2.24, 2.45) is 5.92 Å². The van der Waals surface area contributed by atoms with E-state index in [4.69, 9.17) is 5.10 Å². The van der Waals surface area contributed by atoms with Gasteiger partial charge in [0.1, 0.15) is 35.6 Å². The van der Waals surface area contributed by atoms with Crippen molar-refractivity contribution in [3.8, 4) is 0 Å². The van der Waals surface area contributed by atoms with E-state index < -0.39 is 0 Å². The number of nitrogens with one attached hydrogen (secondary N) is 2. The molecule has 13 nitrogen and oxygen atoms in total. The molecule has 2 aliphatic carbocycles. The van der Waals surface area contributed by atoms with Gasteiger partial charge in [0.05, 0.1) is 17.8 Å². The topological polar surface area (TPSA) is 151 Å². The summed E-state index contributed by atoms with van der Waals surface area (Å²) in [6.07, 6.45) is 4.64. The van der Waals surface area contributed by atoms with Crippen molar-refractivity contribution in [2.75, 3.05) is 29.1 Å². The minimum absolute atomic E-state index is 0.0136. The average molecular weight is 567 g/mol. The number of aryl methyl sites for hydroxylation is 2. The van der Waals surface area contributed by atoms with Gasteiger partial charge in [-0.2, -0.15) is 5.10 Å². The molecule has 42 heavy (non-hydrogen) atoms. The van der Waals surface area contributed by atoms with Gasteiger partial charge in [0.15, 0.2) is 0 Å². The Bertz CT molecular complexity index is 1760. The Morgan fingerprint density at radius 1 is 1.05 bits per heavy atom. The molecular weight excluding hydrogens is 536 g/mol. The molecule has 3 fully saturated rings. The fourth-order valence-electron chi connectivity index (χ4n) is 5.40. The monoisotopic (exact) mass is 566 g/mol. The molecule has 5 heterocycles. The first kappa shape index (κ1) is 26.0. The summed E-state index contributed by atoms with van der Waals surface area (Å²) in [5.41, 5.74) is 3.61. The number of nitrogens with zero attached hydrogens (tertiary/aromatic N) is 8. The highest BCUT2D eigenvalue weighted by atomic mass is 16.2. The Kier molecular flexibility index (Phi) is 6.10. The second-order valence-electron chi connectivity index (χ2n) is 11.2. The van der Waals surface area contributed by atoms with Gasteiger partial charge >= 0.3 is 6.03 Å². The number of hydrogen-bond donors (Lipinski definition) is 2. The predicted molar refractivity (Wildman–Crippen MR) is 153 cm³/mol. The van der Waals surface area contributed by atoms with E-state index in [1.165, 1.54) is 11.9 Å². The number of carbonyl (C=O) groups is 3. The van der Waals surface area contributed by atoms with Crippen molar-refractivity contribution < 1.29 is 14.4 Å². The third-order valence-electron chi connectivity index (χ3n) is 7.94. The summed E-state index contributed by atoms with van der Waals surface area (Å²) in [6, 6.07) is 9.20. The summed E-state index contributed by atoms with van der Waals surface area (Å²) in [6.45, 7) is 4.02. The van der Waals surface area contributed by atoms with Crippen LogP contribution >= 0.6 is 0 Å². The van der Waals surface area contributed by atoms with Gasteiger partial charge in [0.2, 0.25) is 5.91 Å². The SMILES string of the molecule is Cc1ccnc([C@H]2C[C@@H]2C(=O)Nc2cc(NCc3cc4cc(C5CC5)cc(N5CC(=O)N(C)C5=O)n4n3)nc(C)n2)n1. The van der Waals surface area contributed by atoms with Gasteiger partial charge in [-0.3, -0.25) is 19.4 Å². The fraction of sp³-hybridized carbons (Fsp3) is 0.379. The number of rotatable bonds is 8. The smallest absolute Gasteiger partial charge is 0.332 e. The Hall–Kier alpha value is -4.94. The van der Waals surface area contributed by atoms with Crippen LogP contribution in [0.5, 0.6) is 0 Å². The molecule has 1 aliphatic heterocycles. The quantitative estimate of drug-likeness (QED) is 0.307. The predicted octanol–water partition coefficient (Wildman–Crippen LogP) is 3.16. The number of aromatic nitrogens is 6. The van der Waals surface area contributed by atoms with Crippen molar-refractivity contribution >= 4 is 40.8 Å². The Morgan fingerprint density at radius 2 is 1.86 bits per heavy atom. The molecule has 0 spiro atoms. The van der Waals surface area contributed by atoms with Crippen LogP contribution in [0.3, 0.4) is 0 Å². The van der Waals surface area contributed by atoms with Gasteiger partial charge in [0, 0.05) is 36.8 Å². The van der Waals surface area contributed by atoms with Crippen LogP contribution < -0.4 is 15.5 Å². The highest BCUT2D eigenvalue weighted by Gasteiger charge is 2.46. The molecule has 0 radical (unpaired) electrons. The molecule has 1 saturated heterocycles. The van der Waals surface area contributed by atoms with E-state index in [1.807, 2.05) is 25.1 Å². The second-order valence-corrected chi connectivity index (χ2v) is 11.2. The molecule has 3 aliphatic rings. The molecule has 0 unspecified atom stereocenters. The van der Waals surface area contributed by atoms with Crippen molar-refractivity contribution in [1.29, 1.82) is 0 Å². The molecule has 4 aromatic heterocycles. The molecule has 4 amide bonds. The number of urea groups is 1. The van der Waals surface area contributed by atoms with Gasteiger partial charge in [-0.05, 0) is 68.9 Å². The number of likely N-dealkylation sites (N-methyl/N-ethyl adjacent to an activating group) is 1. The van der Waals surface area contributed by atoms with Crippen molar-refractivity contribution in [3.63, 3.8) is 0 Å². The lowest BCUT2D eigenvalue weighted by molar-refractivity contribution is -0.124. The summed E-state index contributed by atoms with van der Waals surface area (Å²) in [7, 11) is 1.49. The summed E-state index contributed by atoms with van der Waals surface area (Å²) in [5, 5.41) is 11.0. The third kappa shape index (κ3) is 4.91. The number of imide groups is 1. The molecule has 2 N–H and O–H groups in total. The molecule has 13 heteroatoms. The maximum atomic E-state index is 12.9. The van der Waals surface area contributed by atoms with E-state index >= 15 is 0 Å². The zero-order valence-electron chi connectivity index (χ0n) is 23.5. The Balaban J connectivity index is 1.07. The van der Waals surface area contributed by atoms with Crippen LogP contribution in [0.4, 0.5) is 22.2 Å². The van der Waals surface area contributed by atoms with Gasteiger partial charge in [-0.1, -0.05) is 0 Å². The largest absolute Gasteiger partial charge is 0.364 e. The van der Waals surface area contributed by atoms with Crippen LogP contribution in [0.15, 0.2) is 36.5 Å². The number of hydrogen-bond acceptors (Lipinski definition) is 9. The standard InChI is InChI=1S/C29H30N10O3/c1-15-6-7-30-27(32-15)21-11-22(21)28(41)35-24-12-23(33-16(2)34-24)31-13-19-10-20-8-18(17-4-5-17)9-25(39(20)36-19)38-14-26(40)37(3)29(38)42/h6-10,12,17,21-22H,4-5,11,13-14H2,1-3H3,(H2,31,33,34,35,41)/t21-,22-/m0/s1. The lowest BCUT2D eigenvalue weighted by atomic mass is 10.1. The number of pyridine rings is 1. The van der Waals surface area contributed by atoms with Crippen LogP contribution in [0.2, 0.25) is 0 Å². The van der Waals surface area contributed by atoms with Crippen LogP contribution in [-0.2, 0) is 16.1 Å². The summed E-state index contributed by atoms with van der Waals surface area (Å²) in [4.78, 5) is 58.2. The zero-order chi connectivity index (χ0) is 29.1. The molecule has 0 aromatic carbocycles. The third-order valence-corrected chi connectivity index (χ3v) is 7.94. The lowest BCUT2D eigenvalue weighted by Gasteiger charge is -2.17. The number of fused-ring (bicyclic) bond motifs is 1. The lowest BCUT2D eigenvalue weighted by Crippen LogP contribution is -2.31. The minimum atomic E-state index is -0.362. The van der Waals surface area contributed by atoms with E-state index in [2.05, 4.69) is 36.6 Å². The van der Waals surface area contributed by atoms with E-state index in [1.54, 1.807) is 23.7 Å². The van der Waals surface area contributed by atoms with Gasteiger partial charge in [-0.25, -0.2) is 29.2 Å². The maximum Gasteiger partial charge on any atom is 0.332 e. The molecule has 2 atom stereocenters. The van der Waals surface area contributed by atoms with Crippen LogP contribution in [0.1, 0.15) is 59.7 Å². The van der Waals surface area contributed by atoms with E-state index in [0.29, 0.717) is 48.0 Å². The molecule has 2 saturated carbocycles. The highest BCUT2D eigenvalue weighted by Crippen LogP contribution is 2.46. The normalized spacial score (nSPS) is 20.0. The Labute approximate surface area is 241 Å². The van der Waals surface area contributed by atoms with Gasteiger partial charge in [-0.15, -0.1) is 0 Å². The molecule has 7 rings (SSSR count). The first-order valence-electron chi connectivity index (χ1n) is 14.0. The molecular formula is C29H30N10O3. The average Bonchev–Trinajstić information content (AvgIpc) is 3.88. The van der Waals surface area contributed by atoms with E-state index in [-0.39, 0.29) is 36.2 Å². The van der Waals surface area contributed by atoms with Gasteiger partial charge < -0.3 is 10.6 Å². The van der Waals surface area contributed by atoms with Gasteiger partial charge in [0.25, 0.3) is 5.91 Å². The molecule has 214 valence electrons. The second kappa shape index (κ2) is 9.86. The number of amides is 4. The first-order chi connectivity index (χ1) is 20.2. The summed E-state index contributed by atoms with van der Waals surface area (Å²) < 4.78 is 1.72. The number of anilines is 3. The first-order valence-corrected chi connectivity index (χ1v) is 14.0. The zero-order valence-corrected chi connectivity index (χ0v) is 23.5. The minimum Gasteiger partial charge on any atom is -0.364 e. The summed E-state index contributed by atoms with van der Waals surface area (Å²) in [5.74, 6) is 2.68. The van der Waals surface area contributed by atoms with E-state index in [0.717, 1.165) is 40.2 Å². The fourth-order valence-corrected chi connectivity index (χ4v) is 5.40. The van der Waals surface area contributed by atoms with Crippen LogP contribution in [-0.4, -0.2) is 65.9 Å². The number of carbonyl (C=O) groups excluding carboxylic acids is 3. The van der Waals surface area contributed by atoms with E-state index in [9.17, 15) is 14.4 Å².